The molecule has 1 aliphatic carbocycles. The highest BCUT2D eigenvalue weighted by Crippen LogP contribution is 2.24. The van der Waals surface area contributed by atoms with E-state index in [1.807, 2.05) is 25.7 Å². The van der Waals surface area contributed by atoms with Crippen molar-refractivity contribution in [2.75, 3.05) is 6.54 Å². The summed E-state index contributed by atoms with van der Waals surface area (Å²) in [5, 5.41) is 0. The van der Waals surface area contributed by atoms with E-state index in [-0.39, 0.29) is 16.9 Å². The first kappa shape index (κ1) is 17.0. The minimum atomic E-state index is -0.325. The number of rotatable bonds is 3. The number of allylic oxidation sites excluding steroid dienone is 3. The van der Waals surface area contributed by atoms with E-state index in [0.29, 0.717) is 12.5 Å². The summed E-state index contributed by atoms with van der Waals surface area (Å²) >= 11 is 0. The third kappa shape index (κ3) is 5.15. The van der Waals surface area contributed by atoms with Crippen LogP contribution in [0.15, 0.2) is 24.3 Å². The fourth-order valence-corrected chi connectivity index (χ4v) is 2.42. The Morgan fingerprint density at radius 2 is 1.85 bits per heavy atom. The highest BCUT2D eigenvalue weighted by atomic mass is 16.2. The molecule has 0 saturated heterocycles. The topological polar surface area (TPSA) is 20.3 Å². The van der Waals surface area contributed by atoms with Gasteiger partial charge in [0.15, 0.2) is 0 Å². The number of amides is 1. The minimum absolute atomic E-state index is 0.138. The van der Waals surface area contributed by atoms with E-state index >= 15 is 0 Å². The highest BCUT2D eigenvalue weighted by molar-refractivity contribution is 5.82. The summed E-state index contributed by atoms with van der Waals surface area (Å²) in [5.74, 6) is 0.866. The molecule has 0 bridgehead atoms. The molecule has 2 nitrogen and oxygen atoms in total. The van der Waals surface area contributed by atoms with Gasteiger partial charge in [0.2, 0.25) is 5.91 Å². The zero-order valence-electron chi connectivity index (χ0n) is 14.1. The van der Waals surface area contributed by atoms with Gasteiger partial charge in [0.1, 0.15) is 0 Å². The van der Waals surface area contributed by atoms with Gasteiger partial charge in [-0.15, -0.1) is 0 Å². The molecule has 0 fully saturated rings. The van der Waals surface area contributed by atoms with Gasteiger partial charge in [-0.1, -0.05) is 45.1 Å². The molecule has 20 heavy (non-hydrogen) atoms. The van der Waals surface area contributed by atoms with Crippen molar-refractivity contribution in [1.29, 1.82) is 0 Å². The Balaban J connectivity index is 2.69. The molecule has 1 atom stereocenters. The second-order valence-electron chi connectivity index (χ2n) is 7.81. The lowest BCUT2D eigenvalue weighted by molar-refractivity contribution is -0.143. The van der Waals surface area contributed by atoms with Crippen LogP contribution >= 0.6 is 0 Å². The summed E-state index contributed by atoms with van der Waals surface area (Å²) in [6, 6.07) is 0. The molecule has 0 aromatic rings. The Bertz CT molecular complexity index is 379. The summed E-state index contributed by atoms with van der Waals surface area (Å²) in [6.07, 6.45) is 12.5. The molecule has 1 amide bonds. The molecule has 0 heterocycles. The molecule has 2 heteroatoms. The molecule has 1 unspecified atom stereocenters. The number of hydrogen-bond acceptors (Lipinski definition) is 1. The zero-order valence-corrected chi connectivity index (χ0v) is 14.1. The van der Waals surface area contributed by atoms with Crippen molar-refractivity contribution in [3.8, 4) is 0 Å². The predicted molar refractivity (Wildman–Crippen MR) is 86.5 cm³/mol. The van der Waals surface area contributed by atoms with Gasteiger partial charge in [0.25, 0.3) is 0 Å². The Kier molecular flexibility index (Phi) is 5.61. The molecule has 0 radical (unpaired) electrons. The fraction of sp³-hybridized carbons (Fsp3) is 0.722. The number of carbonyl (C=O) groups excluding carboxylic acids is 1. The summed E-state index contributed by atoms with van der Waals surface area (Å²) in [4.78, 5) is 14.6. The summed E-state index contributed by atoms with van der Waals surface area (Å²) < 4.78 is 0. The van der Waals surface area contributed by atoms with Gasteiger partial charge >= 0.3 is 0 Å². The second kappa shape index (κ2) is 6.60. The van der Waals surface area contributed by atoms with E-state index in [2.05, 4.69) is 45.1 Å². The quantitative estimate of drug-likeness (QED) is 0.692. The lowest BCUT2D eigenvalue weighted by Gasteiger charge is -2.39. The maximum absolute atomic E-state index is 12.6. The van der Waals surface area contributed by atoms with Crippen LogP contribution in [-0.4, -0.2) is 22.9 Å². The normalized spacial score (nSPS) is 20.4. The average molecular weight is 277 g/mol. The van der Waals surface area contributed by atoms with E-state index in [9.17, 15) is 4.79 Å². The van der Waals surface area contributed by atoms with Crippen LogP contribution < -0.4 is 0 Å². The van der Waals surface area contributed by atoms with Crippen LogP contribution in [0.3, 0.4) is 0 Å². The molecule has 0 N–H and O–H groups in total. The van der Waals surface area contributed by atoms with Crippen molar-refractivity contribution in [2.45, 2.75) is 66.3 Å². The molecule has 0 saturated carbocycles. The Morgan fingerprint density at radius 1 is 1.20 bits per heavy atom. The monoisotopic (exact) mass is 277 g/mol. The summed E-state index contributed by atoms with van der Waals surface area (Å²) in [5.41, 5.74) is -0.462. The largest absolute Gasteiger partial charge is 0.334 e. The number of nitrogens with zero attached hydrogens (tertiary/aromatic N) is 1. The van der Waals surface area contributed by atoms with Crippen molar-refractivity contribution in [3.05, 3.63) is 24.3 Å². The van der Waals surface area contributed by atoms with Crippen molar-refractivity contribution in [1.82, 2.24) is 4.90 Å². The second-order valence-corrected chi connectivity index (χ2v) is 7.81. The first-order chi connectivity index (χ1) is 9.12. The van der Waals surface area contributed by atoms with E-state index in [0.717, 1.165) is 6.42 Å². The van der Waals surface area contributed by atoms with E-state index in [4.69, 9.17) is 0 Å². The number of carbonyl (C=O) groups is 1. The van der Waals surface area contributed by atoms with Crippen LogP contribution in [0.1, 0.15) is 60.8 Å². The molecule has 1 rings (SSSR count). The van der Waals surface area contributed by atoms with Crippen LogP contribution in [0, 0.1) is 11.3 Å². The first-order valence-corrected chi connectivity index (χ1v) is 7.76. The van der Waals surface area contributed by atoms with Gasteiger partial charge in [0, 0.05) is 17.5 Å². The Hall–Kier alpha value is -1.05. The molecule has 0 aromatic heterocycles. The SMILES string of the molecule is CC(C)(C)C(=O)N(CC=CC1CC=CCC1)C(C)(C)C. The van der Waals surface area contributed by atoms with Crippen molar-refractivity contribution in [3.63, 3.8) is 0 Å². The van der Waals surface area contributed by atoms with Gasteiger partial charge in [-0.05, 0) is 46.0 Å². The maximum Gasteiger partial charge on any atom is 0.228 e. The fourth-order valence-electron chi connectivity index (χ4n) is 2.42. The van der Waals surface area contributed by atoms with Crippen LogP contribution in [0.25, 0.3) is 0 Å². The summed E-state index contributed by atoms with van der Waals surface area (Å²) in [6.45, 7) is 13.0. The molecule has 114 valence electrons. The van der Waals surface area contributed by atoms with Gasteiger partial charge in [-0.2, -0.15) is 0 Å². The van der Waals surface area contributed by atoms with Crippen LogP contribution in [0.2, 0.25) is 0 Å². The lowest BCUT2D eigenvalue weighted by atomic mass is 9.91. The third-order valence-corrected chi connectivity index (χ3v) is 3.70. The molecular weight excluding hydrogens is 246 g/mol. The van der Waals surface area contributed by atoms with Crippen molar-refractivity contribution >= 4 is 5.91 Å². The zero-order chi connectivity index (χ0) is 15.4. The molecule has 0 spiro atoms. The van der Waals surface area contributed by atoms with Gasteiger partial charge in [-0.25, -0.2) is 0 Å². The van der Waals surface area contributed by atoms with E-state index < -0.39 is 0 Å². The lowest BCUT2D eigenvalue weighted by Crippen LogP contribution is -2.50. The molecule has 0 aromatic carbocycles. The molecule has 0 aliphatic heterocycles. The van der Waals surface area contributed by atoms with Crippen molar-refractivity contribution in [2.24, 2.45) is 11.3 Å². The standard InChI is InChI=1S/C18H31NO/c1-17(2,3)16(20)19(18(4,5)6)14-10-13-15-11-8-7-9-12-15/h7-8,10,13,15H,9,11-12,14H2,1-6H3. The van der Waals surface area contributed by atoms with E-state index in [1.54, 1.807) is 0 Å². The third-order valence-electron chi connectivity index (χ3n) is 3.70. The Morgan fingerprint density at radius 3 is 2.30 bits per heavy atom. The van der Waals surface area contributed by atoms with Gasteiger partial charge in [0.05, 0.1) is 0 Å². The van der Waals surface area contributed by atoms with Crippen molar-refractivity contribution < 1.29 is 4.79 Å². The average Bonchev–Trinajstić information content (AvgIpc) is 2.32. The summed E-state index contributed by atoms with van der Waals surface area (Å²) in [7, 11) is 0. The molecular formula is C18H31NO. The van der Waals surface area contributed by atoms with Gasteiger partial charge in [-0.3, -0.25) is 4.79 Å². The maximum atomic E-state index is 12.6. The minimum Gasteiger partial charge on any atom is -0.334 e. The van der Waals surface area contributed by atoms with Crippen LogP contribution in [-0.2, 0) is 4.79 Å². The van der Waals surface area contributed by atoms with Crippen LogP contribution in [0.5, 0.6) is 0 Å². The van der Waals surface area contributed by atoms with E-state index in [1.165, 1.54) is 12.8 Å². The molecule has 1 aliphatic rings. The number of hydrogen-bond donors (Lipinski definition) is 0. The first-order valence-electron chi connectivity index (χ1n) is 7.76. The van der Waals surface area contributed by atoms with Gasteiger partial charge < -0.3 is 4.90 Å². The highest BCUT2D eigenvalue weighted by Gasteiger charge is 2.33. The Labute approximate surface area is 124 Å². The smallest absolute Gasteiger partial charge is 0.228 e. The predicted octanol–water partition coefficient (Wildman–Crippen LogP) is 4.57. The van der Waals surface area contributed by atoms with Crippen LogP contribution in [0.4, 0.5) is 0 Å².